The Labute approximate surface area is 125 Å². The Hall–Kier alpha value is -1.01. The van der Waals surface area contributed by atoms with Crippen molar-refractivity contribution in [1.82, 2.24) is 4.98 Å². The van der Waals surface area contributed by atoms with Crippen LogP contribution in [0.1, 0.15) is 0 Å². The first-order valence-electron chi connectivity index (χ1n) is 4.97. The van der Waals surface area contributed by atoms with Gasteiger partial charge < -0.3 is 0 Å². The van der Waals surface area contributed by atoms with E-state index in [-0.39, 0.29) is 25.7 Å². The molecule has 0 amide bonds. The Bertz CT molecular complexity index is 720. The summed E-state index contributed by atoms with van der Waals surface area (Å²) in [6, 6.07) is 5.48. The van der Waals surface area contributed by atoms with E-state index in [1.54, 1.807) is 0 Å². The van der Waals surface area contributed by atoms with Gasteiger partial charge in [-0.05, 0) is 24.3 Å². The molecule has 0 spiro atoms. The zero-order valence-corrected chi connectivity index (χ0v) is 12.4. The lowest BCUT2D eigenvalue weighted by atomic mass is 10.4. The zero-order valence-electron chi connectivity index (χ0n) is 9.27. The number of sulfonamides is 1. The number of rotatable bonds is 3. The highest BCUT2D eigenvalue weighted by Gasteiger charge is 2.16. The van der Waals surface area contributed by atoms with Crippen LogP contribution in [-0.2, 0) is 10.0 Å². The number of anilines is 1. The van der Waals surface area contributed by atoms with Crippen LogP contribution in [0.2, 0.25) is 15.1 Å². The van der Waals surface area contributed by atoms with Gasteiger partial charge in [0.2, 0.25) is 0 Å². The maximum atomic E-state index is 12.1. The van der Waals surface area contributed by atoms with Crippen molar-refractivity contribution in [2.75, 3.05) is 4.72 Å². The number of nitrogens with one attached hydrogen (secondary N) is 1. The fourth-order valence-electron chi connectivity index (χ4n) is 1.31. The van der Waals surface area contributed by atoms with Gasteiger partial charge in [0.25, 0.3) is 10.0 Å². The summed E-state index contributed by atoms with van der Waals surface area (Å²) in [7, 11) is -3.78. The van der Waals surface area contributed by atoms with Crippen LogP contribution in [0.25, 0.3) is 0 Å². The van der Waals surface area contributed by atoms with Crippen LogP contribution in [0.3, 0.4) is 0 Å². The lowest BCUT2D eigenvalue weighted by Gasteiger charge is -2.09. The van der Waals surface area contributed by atoms with Crippen LogP contribution in [0.15, 0.2) is 41.6 Å². The molecule has 0 aliphatic carbocycles. The summed E-state index contributed by atoms with van der Waals surface area (Å²) < 4.78 is 26.6. The first-order chi connectivity index (χ1) is 8.90. The van der Waals surface area contributed by atoms with Gasteiger partial charge in [-0.15, -0.1) is 0 Å². The van der Waals surface area contributed by atoms with E-state index in [0.717, 1.165) is 0 Å². The Morgan fingerprint density at radius 2 is 1.74 bits per heavy atom. The molecule has 100 valence electrons. The minimum Gasteiger partial charge on any atom is -0.278 e. The zero-order chi connectivity index (χ0) is 14.0. The predicted octanol–water partition coefficient (Wildman–Crippen LogP) is 3.84. The van der Waals surface area contributed by atoms with E-state index in [2.05, 4.69) is 9.71 Å². The minimum atomic E-state index is -3.78. The molecule has 2 aromatic rings. The first kappa shape index (κ1) is 14.4. The third kappa shape index (κ3) is 3.30. The lowest BCUT2D eigenvalue weighted by molar-refractivity contribution is 0.601. The third-order valence-electron chi connectivity index (χ3n) is 2.22. The smallest absolute Gasteiger partial charge is 0.261 e. The fourth-order valence-corrected chi connectivity index (χ4v) is 3.00. The van der Waals surface area contributed by atoms with Gasteiger partial charge in [-0.2, -0.15) is 0 Å². The molecule has 0 aliphatic rings. The second-order valence-corrected chi connectivity index (χ2v) is 6.44. The second-order valence-electron chi connectivity index (χ2n) is 3.54. The van der Waals surface area contributed by atoms with Gasteiger partial charge >= 0.3 is 0 Å². The molecule has 0 saturated heterocycles. The molecular weight excluding hydrogens is 331 g/mol. The summed E-state index contributed by atoms with van der Waals surface area (Å²) in [5.74, 6) is 0. The van der Waals surface area contributed by atoms with Crippen molar-refractivity contribution in [3.63, 3.8) is 0 Å². The van der Waals surface area contributed by atoms with Crippen molar-refractivity contribution in [3.05, 3.63) is 51.7 Å². The maximum absolute atomic E-state index is 12.1. The van der Waals surface area contributed by atoms with Crippen molar-refractivity contribution in [2.24, 2.45) is 0 Å². The molecule has 1 aromatic heterocycles. The molecule has 19 heavy (non-hydrogen) atoms. The molecule has 0 aliphatic heterocycles. The van der Waals surface area contributed by atoms with E-state index in [0.29, 0.717) is 0 Å². The molecule has 0 bridgehead atoms. The maximum Gasteiger partial charge on any atom is 0.261 e. The summed E-state index contributed by atoms with van der Waals surface area (Å²) in [6.07, 6.45) is 2.77. The largest absolute Gasteiger partial charge is 0.278 e. The summed E-state index contributed by atoms with van der Waals surface area (Å²) in [4.78, 5) is 3.76. The van der Waals surface area contributed by atoms with Crippen molar-refractivity contribution in [2.45, 2.75) is 4.90 Å². The second kappa shape index (κ2) is 5.54. The number of hydrogen-bond donors (Lipinski definition) is 1. The van der Waals surface area contributed by atoms with Crippen LogP contribution < -0.4 is 4.72 Å². The highest BCUT2D eigenvalue weighted by molar-refractivity contribution is 7.92. The number of pyridine rings is 1. The van der Waals surface area contributed by atoms with Crippen molar-refractivity contribution >= 4 is 50.5 Å². The Balaban J connectivity index is 2.38. The average Bonchev–Trinajstić information content (AvgIpc) is 2.35. The Morgan fingerprint density at radius 1 is 1.00 bits per heavy atom. The van der Waals surface area contributed by atoms with E-state index in [1.807, 2.05) is 0 Å². The highest BCUT2D eigenvalue weighted by Crippen LogP contribution is 2.27. The van der Waals surface area contributed by atoms with Crippen LogP contribution in [0, 0.1) is 0 Å². The Kier molecular flexibility index (Phi) is 4.20. The monoisotopic (exact) mass is 336 g/mol. The summed E-state index contributed by atoms with van der Waals surface area (Å²) in [5.41, 5.74) is 0.239. The lowest BCUT2D eigenvalue weighted by Crippen LogP contribution is -2.13. The van der Waals surface area contributed by atoms with Gasteiger partial charge in [0.1, 0.15) is 0 Å². The molecule has 0 radical (unpaired) electrons. The van der Waals surface area contributed by atoms with Crippen LogP contribution in [0.4, 0.5) is 5.69 Å². The molecule has 1 N–H and O–H groups in total. The number of hydrogen-bond acceptors (Lipinski definition) is 3. The van der Waals surface area contributed by atoms with Crippen LogP contribution in [0.5, 0.6) is 0 Å². The molecule has 0 unspecified atom stereocenters. The Morgan fingerprint density at radius 3 is 2.37 bits per heavy atom. The molecule has 0 fully saturated rings. The molecule has 0 atom stereocenters. The number of nitrogens with zero attached hydrogens (tertiary/aromatic N) is 1. The molecule has 1 aromatic carbocycles. The SMILES string of the molecule is O=S(=O)(Nc1ccncc1Cl)c1ccc(Cl)c(Cl)c1. The van der Waals surface area contributed by atoms with E-state index >= 15 is 0 Å². The van der Waals surface area contributed by atoms with Crippen LogP contribution >= 0.6 is 34.8 Å². The molecule has 4 nitrogen and oxygen atoms in total. The van der Waals surface area contributed by atoms with E-state index < -0.39 is 10.0 Å². The molecule has 2 rings (SSSR count). The van der Waals surface area contributed by atoms with E-state index in [9.17, 15) is 8.42 Å². The molecular formula is C11H7Cl3N2O2S. The predicted molar refractivity (Wildman–Crippen MR) is 76.5 cm³/mol. The number of aromatic nitrogens is 1. The van der Waals surface area contributed by atoms with E-state index in [4.69, 9.17) is 34.8 Å². The van der Waals surface area contributed by atoms with Gasteiger partial charge in [0.05, 0.1) is 25.7 Å². The quantitative estimate of drug-likeness (QED) is 0.925. The normalized spacial score (nSPS) is 11.3. The number of halogens is 3. The summed E-state index contributed by atoms with van der Waals surface area (Å²) in [5, 5.41) is 0.638. The van der Waals surface area contributed by atoms with Crippen molar-refractivity contribution in [3.8, 4) is 0 Å². The minimum absolute atomic E-state index is 0.00483. The van der Waals surface area contributed by atoms with Gasteiger partial charge in [-0.1, -0.05) is 34.8 Å². The molecule has 8 heteroatoms. The summed E-state index contributed by atoms with van der Waals surface area (Å²) >= 11 is 17.4. The molecule has 0 saturated carbocycles. The summed E-state index contributed by atoms with van der Waals surface area (Å²) in [6.45, 7) is 0. The van der Waals surface area contributed by atoms with Gasteiger partial charge in [0, 0.05) is 12.4 Å². The standard InChI is InChI=1S/C11H7Cl3N2O2S/c12-8-2-1-7(5-9(8)13)19(17,18)16-11-3-4-15-6-10(11)14/h1-6H,(H,15,16). The first-order valence-corrected chi connectivity index (χ1v) is 7.59. The fraction of sp³-hybridized carbons (Fsp3) is 0. The van der Waals surface area contributed by atoms with E-state index in [1.165, 1.54) is 36.7 Å². The molecule has 1 heterocycles. The third-order valence-corrected chi connectivity index (χ3v) is 4.62. The van der Waals surface area contributed by atoms with Gasteiger partial charge in [-0.3, -0.25) is 9.71 Å². The van der Waals surface area contributed by atoms with Crippen LogP contribution in [-0.4, -0.2) is 13.4 Å². The van der Waals surface area contributed by atoms with Gasteiger partial charge in [-0.25, -0.2) is 8.42 Å². The van der Waals surface area contributed by atoms with Crippen molar-refractivity contribution in [1.29, 1.82) is 0 Å². The highest BCUT2D eigenvalue weighted by atomic mass is 35.5. The topological polar surface area (TPSA) is 59.1 Å². The number of benzene rings is 1. The van der Waals surface area contributed by atoms with Crippen molar-refractivity contribution < 1.29 is 8.42 Å². The average molecular weight is 338 g/mol. The van der Waals surface area contributed by atoms with Gasteiger partial charge in [0.15, 0.2) is 0 Å².